The number of methoxy groups -OCH3 is 1. The van der Waals surface area contributed by atoms with Gasteiger partial charge in [0.25, 0.3) is 0 Å². The summed E-state index contributed by atoms with van der Waals surface area (Å²) in [4.78, 5) is 26.0. The monoisotopic (exact) mass is 634 g/mol. The van der Waals surface area contributed by atoms with E-state index in [1.165, 1.54) is 24.7 Å². The van der Waals surface area contributed by atoms with Crippen molar-refractivity contribution in [3.63, 3.8) is 0 Å². The Balaban J connectivity index is 1.18. The minimum Gasteiger partial charge on any atom is -0.473 e. The van der Waals surface area contributed by atoms with Crippen LogP contribution in [0.25, 0.3) is 10.1 Å². The van der Waals surface area contributed by atoms with Crippen LogP contribution in [0.3, 0.4) is 0 Å². The molecular weight excluding hydrogens is 603 g/mol. The van der Waals surface area contributed by atoms with E-state index in [1.54, 1.807) is 18.2 Å². The molecule has 4 heterocycles. The molecule has 5 aromatic rings. The van der Waals surface area contributed by atoms with Crippen LogP contribution in [0.15, 0.2) is 67.1 Å². The molecule has 0 N–H and O–H groups in total. The standard InChI is InChI=1S/C32H32ClFN6O3S/c1-3-38-20-35-17-25(38)18-40(24-9-10-26-28(16-24)44-37-31(26)32(41)42-2)23-11-13-39(14-12-23)29-5-4-6-30(36-29)43-19-21-7-8-22(33)15-27(21)34/h4-10,15-17,20,23H,3,11-14,18-19H2,1-2H3. The number of aromatic nitrogens is 4. The molecule has 0 unspecified atom stereocenters. The average Bonchev–Trinajstić information content (AvgIpc) is 3.69. The third-order valence-corrected chi connectivity index (χ3v) is 9.01. The van der Waals surface area contributed by atoms with E-state index in [4.69, 9.17) is 26.1 Å². The number of nitrogens with zero attached hydrogens (tertiary/aromatic N) is 6. The van der Waals surface area contributed by atoms with Gasteiger partial charge in [-0.05, 0) is 67.7 Å². The van der Waals surface area contributed by atoms with Gasteiger partial charge >= 0.3 is 5.97 Å². The number of fused-ring (bicyclic) bond motifs is 1. The average molecular weight is 635 g/mol. The molecule has 0 amide bonds. The van der Waals surface area contributed by atoms with E-state index in [2.05, 4.69) is 42.8 Å². The maximum atomic E-state index is 14.2. The van der Waals surface area contributed by atoms with Crippen LogP contribution in [0.4, 0.5) is 15.9 Å². The van der Waals surface area contributed by atoms with Crippen molar-refractivity contribution >= 4 is 50.7 Å². The Bertz CT molecular complexity index is 1770. The third-order valence-electron chi connectivity index (χ3n) is 7.97. The number of piperidine rings is 1. The van der Waals surface area contributed by atoms with Gasteiger partial charge in [0.15, 0.2) is 5.69 Å². The Morgan fingerprint density at radius 1 is 1.16 bits per heavy atom. The number of ether oxygens (including phenoxy) is 2. The van der Waals surface area contributed by atoms with Crippen LogP contribution in [0.2, 0.25) is 5.02 Å². The first-order valence-corrected chi connectivity index (χ1v) is 15.6. The zero-order valence-corrected chi connectivity index (χ0v) is 26.0. The van der Waals surface area contributed by atoms with E-state index in [-0.39, 0.29) is 12.6 Å². The van der Waals surface area contributed by atoms with Gasteiger partial charge in [-0.15, -0.1) is 0 Å². The van der Waals surface area contributed by atoms with Gasteiger partial charge in [-0.3, -0.25) is 0 Å². The highest BCUT2D eigenvalue weighted by Gasteiger charge is 2.27. The van der Waals surface area contributed by atoms with Crippen molar-refractivity contribution in [2.75, 3.05) is 30.0 Å². The molecule has 3 aromatic heterocycles. The number of carbonyl (C=O) groups is 1. The van der Waals surface area contributed by atoms with Crippen molar-refractivity contribution in [1.82, 2.24) is 18.9 Å². The number of halogens is 2. The molecular formula is C32H32ClFN6O3S. The van der Waals surface area contributed by atoms with Crippen molar-refractivity contribution in [1.29, 1.82) is 0 Å². The second-order valence-electron chi connectivity index (χ2n) is 10.6. The zero-order chi connectivity index (χ0) is 30.6. The lowest BCUT2D eigenvalue weighted by molar-refractivity contribution is 0.0597. The SMILES string of the molecule is CCn1cncc1CN(c1ccc2c(C(=O)OC)nsc2c1)C1CCN(c2cccc(OCc3ccc(Cl)cc3F)n2)CC1. The molecule has 1 aliphatic heterocycles. The van der Waals surface area contributed by atoms with Crippen molar-refractivity contribution in [2.24, 2.45) is 0 Å². The van der Waals surface area contributed by atoms with Crippen LogP contribution < -0.4 is 14.5 Å². The van der Waals surface area contributed by atoms with Gasteiger partial charge in [0.05, 0.1) is 30.4 Å². The van der Waals surface area contributed by atoms with Gasteiger partial charge in [-0.1, -0.05) is 23.7 Å². The van der Waals surface area contributed by atoms with Crippen LogP contribution in [0, 0.1) is 5.82 Å². The Hall–Kier alpha value is -4.22. The van der Waals surface area contributed by atoms with Crippen LogP contribution >= 0.6 is 23.1 Å². The van der Waals surface area contributed by atoms with Crippen LogP contribution in [-0.2, 0) is 24.4 Å². The summed E-state index contributed by atoms with van der Waals surface area (Å²) in [5.41, 5.74) is 2.98. The topological polar surface area (TPSA) is 85.6 Å². The fourth-order valence-corrected chi connectivity index (χ4v) is 6.53. The lowest BCUT2D eigenvalue weighted by Crippen LogP contribution is -2.45. The highest BCUT2D eigenvalue weighted by Crippen LogP contribution is 2.33. The number of esters is 1. The smallest absolute Gasteiger partial charge is 0.358 e. The predicted molar refractivity (Wildman–Crippen MR) is 170 cm³/mol. The number of pyridine rings is 1. The molecule has 6 rings (SSSR count). The number of benzene rings is 2. The van der Waals surface area contributed by atoms with Gasteiger partial charge in [0.1, 0.15) is 18.2 Å². The molecule has 1 fully saturated rings. The van der Waals surface area contributed by atoms with E-state index in [0.29, 0.717) is 28.7 Å². The maximum absolute atomic E-state index is 14.2. The molecule has 12 heteroatoms. The predicted octanol–water partition coefficient (Wildman–Crippen LogP) is 6.74. The number of hydrogen-bond donors (Lipinski definition) is 0. The van der Waals surface area contributed by atoms with Crippen molar-refractivity contribution in [3.8, 4) is 5.88 Å². The Morgan fingerprint density at radius 2 is 2.00 bits per heavy atom. The van der Waals surface area contributed by atoms with Gasteiger partial charge in [0, 0.05) is 59.6 Å². The lowest BCUT2D eigenvalue weighted by Gasteiger charge is -2.40. The van der Waals surface area contributed by atoms with E-state index in [1.807, 2.05) is 30.7 Å². The molecule has 0 bridgehead atoms. The second kappa shape index (κ2) is 13.2. The number of imidazole rings is 1. The Kier molecular flexibility index (Phi) is 8.94. The molecule has 0 atom stereocenters. The Labute approximate surface area is 264 Å². The minimum atomic E-state index is -0.430. The molecule has 2 aromatic carbocycles. The fraction of sp³-hybridized carbons (Fsp3) is 0.312. The van der Waals surface area contributed by atoms with Gasteiger partial charge < -0.3 is 23.8 Å². The third kappa shape index (κ3) is 6.34. The number of carbonyl (C=O) groups excluding carboxylic acids is 1. The van der Waals surface area contributed by atoms with E-state index in [9.17, 15) is 9.18 Å². The van der Waals surface area contributed by atoms with E-state index < -0.39 is 11.8 Å². The lowest BCUT2D eigenvalue weighted by atomic mass is 10.0. The summed E-state index contributed by atoms with van der Waals surface area (Å²) in [6.45, 7) is 5.35. The molecule has 1 aliphatic rings. The number of rotatable bonds is 10. The number of hydrogen-bond acceptors (Lipinski definition) is 9. The summed E-state index contributed by atoms with van der Waals surface area (Å²) >= 11 is 7.17. The summed E-state index contributed by atoms with van der Waals surface area (Å²) in [5, 5.41) is 1.15. The number of aryl methyl sites for hydroxylation is 1. The largest absolute Gasteiger partial charge is 0.473 e. The molecule has 44 heavy (non-hydrogen) atoms. The fourth-order valence-electron chi connectivity index (χ4n) is 5.58. The second-order valence-corrected chi connectivity index (χ2v) is 11.8. The molecule has 9 nitrogen and oxygen atoms in total. The zero-order valence-electron chi connectivity index (χ0n) is 24.5. The van der Waals surface area contributed by atoms with Crippen molar-refractivity contribution < 1.29 is 18.7 Å². The molecule has 0 radical (unpaired) electrons. The summed E-state index contributed by atoms with van der Waals surface area (Å²) in [5.74, 6) is 0.438. The molecule has 1 saturated heterocycles. The van der Waals surface area contributed by atoms with Gasteiger partial charge in [0.2, 0.25) is 5.88 Å². The summed E-state index contributed by atoms with van der Waals surface area (Å²) in [6, 6.07) is 16.6. The number of anilines is 2. The highest BCUT2D eigenvalue weighted by molar-refractivity contribution is 7.13. The van der Waals surface area contributed by atoms with Crippen LogP contribution in [0.5, 0.6) is 5.88 Å². The Morgan fingerprint density at radius 3 is 2.77 bits per heavy atom. The minimum absolute atomic E-state index is 0.0655. The highest BCUT2D eigenvalue weighted by atomic mass is 35.5. The molecule has 0 saturated carbocycles. The first-order chi connectivity index (χ1) is 21.4. The first-order valence-electron chi connectivity index (χ1n) is 14.5. The maximum Gasteiger partial charge on any atom is 0.358 e. The van der Waals surface area contributed by atoms with Gasteiger partial charge in [-0.2, -0.15) is 9.36 Å². The summed E-state index contributed by atoms with van der Waals surface area (Å²) in [6.07, 6.45) is 5.62. The normalized spacial score (nSPS) is 13.8. The van der Waals surface area contributed by atoms with Crippen molar-refractivity contribution in [3.05, 3.63) is 94.9 Å². The van der Waals surface area contributed by atoms with Crippen LogP contribution in [-0.4, -0.2) is 51.1 Å². The molecule has 0 spiro atoms. The van der Waals surface area contributed by atoms with Crippen LogP contribution in [0.1, 0.15) is 41.5 Å². The summed E-state index contributed by atoms with van der Waals surface area (Å²) < 4.78 is 32.4. The first kappa shape index (κ1) is 29.8. The molecule has 0 aliphatic carbocycles. The molecule has 228 valence electrons. The van der Waals surface area contributed by atoms with Crippen molar-refractivity contribution in [2.45, 2.75) is 45.5 Å². The van der Waals surface area contributed by atoms with Gasteiger partial charge in [-0.25, -0.2) is 14.2 Å². The quantitative estimate of drug-likeness (QED) is 0.156. The van der Waals surface area contributed by atoms with E-state index >= 15 is 0 Å². The van der Waals surface area contributed by atoms with E-state index in [0.717, 1.165) is 59.8 Å². The summed E-state index contributed by atoms with van der Waals surface area (Å²) in [7, 11) is 1.37.